The fourth-order valence-corrected chi connectivity index (χ4v) is 1.77. The minimum atomic E-state index is -0.0321. The fraction of sp³-hybridized carbons (Fsp3) is 0.375. The highest BCUT2D eigenvalue weighted by molar-refractivity contribution is 7.09. The molecule has 1 rings (SSSR count). The van der Waals surface area contributed by atoms with Gasteiger partial charge in [-0.25, -0.2) is 0 Å². The average Bonchev–Trinajstić information content (AvgIpc) is 2.52. The van der Waals surface area contributed by atoms with E-state index in [-0.39, 0.29) is 5.92 Å². The van der Waals surface area contributed by atoms with E-state index < -0.39 is 0 Å². The van der Waals surface area contributed by atoms with E-state index in [1.54, 1.807) is 11.3 Å². The lowest BCUT2D eigenvalue weighted by molar-refractivity contribution is 0.756. The fourth-order valence-electron chi connectivity index (χ4n) is 0.806. The van der Waals surface area contributed by atoms with Gasteiger partial charge in [0.05, 0.1) is 12.0 Å². The van der Waals surface area contributed by atoms with Crippen LogP contribution >= 0.6 is 22.9 Å². The van der Waals surface area contributed by atoms with Gasteiger partial charge in [-0.2, -0.15) is 5.26 Å². The molecule has 1 aromatic heterocycles. The van der Waals surface area contributed by atoms with Gasteiger partial charge in [0.2, 0.25) is 0 Å². The van der Waals surface area contributed by atoms with Crippen LogP contribution in [0.3, 0.4) is 0 Å². The van der Waals surface area contributed by atoms with Crippen LogP contribution in [0, 0.1) is 17.2 Å². The van der Waals surface area contributed by atoms with E-state index in [1.807, 2.05) is 17.5 Å². The summed E-state index contributed by atoms with van der Waals surface area (Å²) in [5.41, 5.74) is 0. The zero-order chi connectivity index (χ0) is 8.10. The lowest BCUT2D eigenvalue weighted by Gasteiger charge is -2.00. The first-order chi connectivity index (χ1) is 5.36. The maximum Gasteiger partial charge on any atom is 0.0672 e. The second-order valence-corrected chi connectivity index (χ2v) is 3.60. The van der Waals surface area contributed by atoms with E-state index >= 15 is 0 Å². The Labute approximate surface area is 75.2 Å². The molecule has 1 atom stereocenters. The number of nitrogens with zero attached hydrogens (tertiary/aromatic N) is 1. The number of nitriles is 1. The summed E-state index contributed by atoms with van der Waals surface area (Å²) < 4.78 is 0. The van der Waals surface area contributed by atoms with Crippen molar-refractivity contribution < 1.29 is 0 Å². The summed E-state index contributed by atoms with van der Waals surface area (Å²) in [5, 5.41) is 10.6. The van der Waals surface area contributed by atoms with E-state index in [0.29, 0.717) is 5.88 Å². The number of hydrogen-bond donors (Lipinski definition) is 0. The van der Waals surface area contributed by atoms with Gasteiger partial charge in [-0.15, -0.1) is 22.9 Å². The van der Waals surface area contributed by atoms with Crippen LogP contribution < -0.4 is 0 Å². The van der Waals surface area contributed by atoms with Crippen LogP contribution in [0.1, 0.15) is 4.88 Å². The lowest BCUT2D eigenvalue weighted by atomic mass is 10.1. The van der Waals surface area contributed by atoms with E-state index in [1.165, 1.54) is 4.88 Å². The molecular weight excluding hydrogens is 178 g/mol. The Hall–Kier alpha value is -0.520. The zero-order valence-electron chi connectivity index (χ0n) is 5.96. The first-order valence-corrected chi connectivity index (χ1v) is 4.76. The van der Waals surface area contributed by atoms with Crippen LogP contribution in [0.25, 0.3) is 0 Å². The van der Waals surface area contributed by atoms with Crippen LogP contribution in [-0.2, 0) is 6.42 Å². The average molecular weight is 186 g/mol. The molecular formula is C8H8ClNS. The lowest BCUT2D eigenvalue weighted by Crippen LogP contribution is -2.01. The third-order valence-electron chi connectivity index (χ3n) is 1.40. The number of rotatable bonds is 3. The molecule has 58 valence electrons. The molecule has 1 aromatic rings. The predicted molar refractivity (Wildman–Crippen MR) is 47.8 cm³/mol. The highest BCUT2D eigenvalue weighted by Crippen LogP contribution is 2.14. The van der Waals surface area contributed by atoms with Crippen molar-refractivity contribution in [2.45, 2.75) is 6.42 Å². The van der Waals surface area contributed by atoms with Gasteiger partial charge in [0.25, 0.3) is 0 Å². The Kier molecular flexibility index (Phi) is 3.41. The normalized spacial score (nSPS) is 12.4. The molecule has 0 fully saturated rings. The Balaban J connectivity index is 2.49. The van der Waals surface area contributed by atoms with Crippen molar-refractivity contribution in [2.75, 3.05) is 5.88 Å². The van der Waals surface area contributed by atoms with Gasteiger partial charge < -0.3 is 0 Å². The zero-order valence-corrected chi connectivity index (χ0v) is 7.53. The van der Waals surface area contributed by atoms with Gasteiger partial charge in [-0.3, -0.25) is 0 Å². The van der Waals surface area contributed by atoms with E-state index in [2.05, 4.69) is 6.07 Å². The van der Waals surface area contributed by atoms with Crippen molar-refractivity contribution in [1.82, 2.24) is 0 Å². The molecule has 0 aliphatic heterocycles. The van der Waals surface area contributed by atoms with Crippen LogP contribution in [0.5, 0.6) is 0 Å². The van der Waals surface area contributed by atoms with Crippen molar-refractivity contribution in [3.05, 3.63) is 22.4 Å². The van der Waals surface area contributed by atoms with Crippen LogP contribution in [0.2, 0.25) is 0 Å². The summed E-state index contributed by atoms with van der Waals surface area (Å²) in [6, 6.07) is 6.18. The smallest absolute Gasteiger partial charge is 0.0672 e. The Bertz CT molecular complexity index is 237. The highest BCUT2D eigenvalue weighted by Gasteiger charge is 2.06. The number of alkyl halides is 1. The summed E-state index contributed by atoms with van der Waals surface area (Å²) in [6.45, 7) is 0. The minimum Gasteiger partial charge on any atom is -0.198 e. The third kappa shape index (κ3) is 2.53. The predicted octanol–water partition coefficient (Wildman–Crippen LogP) is 2.67. The summed E-state index contributed by atoms with van der Waals surface area (Å²) in [7, 11) is 0. The molecule has 0 saturated heterocycles. The van der Waals surface area contributed by atoms with Crippen LogP contribution in [0.4, 0.5) is 0 Å². The summed E-state index contributed by atoms with van der Waals surface area (Å²) >= 11 is 7.24. The second kappa shape index (κ2) is 4.38. The number of thiophene rings is 1. The minimum absolute atomic E-state index is 0.0321. The summed E-state index contributed by atoms with van der Waals surface area (Å²) in [6.07, 6.45) is 0.789. The van der Waals surface area contributed by atoms with Crippen molar-refractivity contribution in [3.63, 3.8) is 0 Å². The Morgan fingerprint density at radius 2 is 2.55 bits per heavy atom. The molecule has 1 nitrogen and oxygen atoms in total. The molecule has 1 unspecified atom stereocenters. The molecule has 0 radical (unpaired) electrons. The van der Waals surface area contributed by atoms with Crippen molar-refractivity contribution in [2.24, 2.45) is 5.92 Å². The number of hydrogen-bond acceptors (Lipinski definition) is 2. The monoisotopic (exact) mass is 185 g/mol. The molecule has 11 heavy (non-hydrogen) atoms. The first-order valence-electron chi connectivity index (χ1n) is 3.34. The van der Waals surface area contributed by atoms with Gasteiger partial charge in [0.1, 0.15) is 0 Å². The molecule has 0 saturated carbocycles. The molecule has 0 bridgehead atoms. The Morgan fingerprint density at radius 3 is 3.00 bits per heavy atom. The van der Waals surface area contributed by atoms with E-state index in [4.69, 9.17) is 16.9 Å². The molecule has 0 spiro atoms. The summed E-state index contributed by atoms with van der Waals surface area (Å²) in [5.74, 6) is 0.393. The quantitative estimate of drug-likeness (QED) is 0.665. The standard InChI is InChI=1S/C8H8ClNS/c9-5-7(6-10)4-8-2-1-3-11-8/h1-3,7H,4-5H2. The van der Waals surface area contributed by atoms with Gasteiger partial charge >= 0.3 is 0 Å². The first kappa shape index (κ1) is 8.58. The number of halogens is 1. The van der Waals surface area contributed by atoms with Gasteiger partial charge in [-0.05, 0) is 17.9 Å². The molecule has 0 aliphatic rings. The molecule has 0 aromatic carbocycles. The van der Waals surface area contributed by atoms with E-state index in [9.17, 15) is 0 Å². The largest absolute Gasteiger partial charge is 0.198 e. The molecule has 0 amide bonds. The van der Waals surface area contributed by atoms with Crippen molar-refractivity contribution >= 4 is 22.9 Å². The van der Waals surface area contributed by atoms with Crippen LogP contribution in [0.15, 0.2) is 17.5 Å². The molecule has 0 aliphatic carbocycles. The summed E-state index contributed by atoms with van der Waals surface area (Å²) in [4.78, 5) is 1.23. The SMILES string of the molecule is N#CC(CCl)Cc1cccs1. The topological polar surface area (TPSA) is 23.8 Å². The second-order valence-electron chi connectivity index (χ2n) is 2.26. The van der Waals surface area contributed by atoms with Gasteiger partial charge in [-0.1, -0.05) is 6.07 Å². The molecule has 3 heteroatoms. The Morgan fingerprint density at radius 1 is 1.73 bits per heavy atom. The van der Waals surface area contributed by atoms with Gasteiger partial charge in [0, 0.05) is 10.8 Å². The van der Waals surface area contributed by atoms with Crippen molar-refractivity contribution in [1.29, 1.82) is 5.26 Å². The third-order valence-corrected chi connectivity index (χ3v) is 2.67. The molecule has 0 N–H and O–H groups in total. The van der Waals surface area contributed by atoms with Gasteiger partial charge in [0.15, 0.2) is 0 Å². The maximum absolute atomic E-state index is 8.60. The van der Waals surface area contributed by atoms with Crippen molar-refractivity contribution in [3.8, 4) is 6.07 Å². The maximum atomic E-state index is 8.60. The van der Waals surface area contributed by atoms with Crippen LogP contribution in [-0.4, -0.2) is 5.88 Å². The molecule has 1 heterocycles. The highest BCUT2D eigenvalue weighted by atomic mass is 35.5. The van der Waals surface area contributed by atoms with E-state index in [0.717, 1.165) is 6.42 Å².